The zero-order valence-electron chi connectivity index (χ0n) is 24.7. The van der Waals surface area contributed by atoms with Crippen LogP contribution < -0.4 is 5.32 Å². The first kappa shape index (κ1) is 29.2. The minimum atomic E-state index is -3.02. The van der Waals surface area contributed by atoms with Gasteiger partial charge in [-0.25, -0.2) is 18.0 Å². The van der Waals surface area contributed by atoms with Gasteiger partial charge in [-0.15, -0.1) is 0 Å². The molecule has 41 heavy (non-hydrogen) atoms. The number of ether oxygens (including phenoxy) is 1. The van der Waals surface area contributed by atoms with Crippen LogP contribution in [0.5, 0.6) is 0 Å². The molecule has 3 aliphatic carbocycles. The molecular weight excluding hydrogens is 535 g/mol. The molecule has 3 saturated carbocycles. The third-order valence-corrected chi connectivity index (χ3v) is 10.3. The van der Waals surface area contributed by atoms with Crippen molar-refractivity contribution in [3.8, 4) is 0 Å². The molecule has 8 nitrogen and oxygen atoms in total. The fourth-order valence-corrected chi connectivity index (χ4v) is 7.49. The van der Waals surface area contributed by atoms with Gasteiger partial charge in [-0.1, -0.05) is 32.3 Å². The molecule has 2 saturated heterocycles. The van der Waals surface area contributed by atoms with E-state index in [4.69, 9.17) is 9.26 Å². The Morgan fingerprint density at radius 2 is 1.95 bits per heavy atom. The first-order chi connectivity index (χ1) is 19.5. The maximum atomic E-state index is 15.4. The molecule has 5 fully saturated rings. The van der Waals surface area contributed by atoms with Crippen molar-refractivity contribution in [2.75, 3.05) is 26.2 Å². The number of halogens is 3. The predicted octanol–water partition coefficient (Wildman–Crippen LogP) is 5.43. The number of piperidine rings is 1. The van der Waals surface area contributed by atoms with E-state index in [9.17, 15) is 9.18 Å². The lowest BCUT2D eigenvalue weighted by Crippen LogP contribution is -2.63. The zero-order valence-corrected chi connectivity index (χ0v) is 24.7. The molecule has 1 aromatic heterocycles. The number of amides is 2. The van der Waals surface area contributed by atoms with Crippen LogP contribution in [0, 0.1) is 11.8 Å². The zero-order chi connectivity index (χ0) is 28.9. The topological polar surface area (TPSA) is 83.7 Å². The molecule has 3 heterocycles. The fourth-order valence-electron chi connectivity index (χ4n) is 7.49. The summed E-state index contributed by atoms with van der Waals surface area (Å²) >= 11 is 0. The second-order valence-electron chi connectivity index (χ2n) is 14.1. The predicted molar refractivity (Wildman–Crippen MR) is 147 cm³/mol. The first-order valence-electron chi connectivity index (χ1n) is 15.8. The van der Waals surface area contributed by atoms with Gasteiger partial charge in [-0.05, 0) is 63.2 Å². The maximum Gasteiger partial charge on any atom is 0.318 e. The smallest absolute Gasteiger partial charge is 0.318 e. The van der Waals surface area contributed by atoms with Gasteiger partial charge < -0.3 is 24.4 Å². The minimum absolute atomic E-state index is 0.0892. The average molecular weight is 582 g/mol. The van der Waals surface area contributed by atoms with Gasteiger partial charge in [-0.3, -0.25) is 0 Å². The molecule has 7 atom stereocenters. The van der Waals surface area contributed by atoms with E-state index in [-0.39, 0.29) is 24.5 Å². The number of carbonyl (C=O) groups is 1. The lowest BCUT2D eigenvalue weighted by molar-refractivity contribution is -0.138. The van der Waals surface area contributed by atoms with Crippen molar-refractivity contribution in [1.29, 1.82) is 0 Å². The van der Waals surface area contributed by atoms with Crippen LogP contribution in [0.1, 0.15) is 103 Å². The SMILES string of the molecule is CC(C)CN1CC[C@H](O[C@H]2CCCC(F)(F)[C@@H]2NC(=O)N2CCC(C)(c3noc([C@@H]4C[C@@H]4F)n3)CC2C2CCC2)C1. The molecule has 5 aliphatic rings. The summed E-state index contributed by atoms with van der Waals surface area (Å²) in [5.74, 6) is -1.56. The highest BCUT2D eigenvalue weighted by Crippen LogP contribution is 2.46. The summed E-state index contributed by atoms with van der Waals surface area (Å²) in [5.41, 5.74) is -0.426. The third kappa shape index (κ3) is 6.12. The Balaban J connectivity index is 1.13. The van der Waals surface area contributed by atoms with Crippen molar-refractivity contribution in [3.63, 3.8) is 0 Å². The second-order valence-corrected chi connectivity index (χ2v) is 14.1. The summed E-state index contributed by atoms with van der Waals surface area (Å²) < 4.78 is 56.0. The van der Waals surface area contributed by atoms with Gasteiger partial charge in [0, 0.05) is 44.1 Å². The summed E-state index contributed by atoms with van der Waals surface area (Å²) in [6.45, 7) is 9.48. The van der Waals surface area contributed by atoms with Crippen molar-refractivity contribution in [2.24, 2.45) is 11.8 Å². The highest BCUT2D eigenvalue weighted by molar-refractivity contribution is 5.75. The van der Waals surface area contributed by atoms with Crippen LogP contribution in [0.15, 0.2) is 4.52 Å². The first-order valence-corrected chi connectivity index (χ1v) is 15.8. The van der Waals surface area contributed by atoms with Crippen molar-refractivity contribution in [2.45, 2.75) is 133 Å². The van der Waals surface area contributed by atoms with Gasteiger partial charge in [0.25, 0.3) is 5.92 Å². The summed E-state index contributed by atoms with van der Waals surface area (Å²) in [6.07, 6.45) is 4.53. The van der Waals surface area contributed by atoms with Crippen LogP contribution in [-0.4, -0.2) is 88.5 Å². The maximum absolute atomic E-state index is 15.4. The molecule has 2 aliphatic heterocycles. The summed E-state index contributed by atoms with van der Waals surface area (Å²) in [6, 6.07) is -1.87. The number of carbonyl (C=O) groups excluding carboxylic acids is 1. The molecule has 1 N–H and O–H groups in total. The van der Waals surface area contributed by atoms with Gasteiger partial charge >= 0.3 is 6.03 Å². The van der Waals surface area contributed by atoms with E-state index in [0.717, 1.165) is 45.3 Å². The van der Waals surface area contributed by atoms with Crippen LogP contribution >= 0.6 is 0 Å². The lowest BCUT2D eigenvalue weighted by Gasteiger charge is -2.49. The van der Waals surface area contributed by atoms with Gasteiger partial charge in [0.2, 0.25) is 5.89 Å². The summed E-state index contributed by atoms with van der Waals surface area (Å²) in [5, 5.41) is 7.00. The van der Waals surface area contributed by atoms with Crippen molar-refractivity contribution in [1.82, 2.24) is 25.3 Å². The van der Waals surface area contributed by atoms with E-state index < -0.39 is 35.7 Å². The number of urea groups is 1. The normalized spacial score (nSPS) is 37.8. The van der Waals surface area contributed by atoms with Crippen LogP contribution in [0.4, 0.5) is 18.0 Å². The van der Waals surface area contributed by atoms with Gasteiger partial charge in [0.15, 0.2) is 5.82 Å². The standard InChI is InChI=1S/C30H46F3N5O3/c1-18(2)16-37-12-9-20(17-37)40-24-8-5-10-30(32,33)25(24)34-28(39)38-13-11-29(3,15-23(38)19-6-4-7-19)27-35-26(41-36-27)21-14-22(21)31/h18-25H,4-17H2,1-3H3,(H,34,39)/t20-,21+,22-,23?,24-,25+,29?/m0/s1. The molecule has 0 spiro atoms. The van der Waals surface area contributed by atoms with Crippen molar-refractivity contribution in [3.05, 3.63) is 11.7 Å². The lowest BCUT2D eigenvalue weighted by atomic mass is 9.68. The Morgan fingerprint density at radius 1 is 1.17 bits per heavy atom. The number of rotatable bonds is 8. The molecular formula is C30H46F3N5O3. The van der Waals surface area contributed by atoms with E-state index in [1.807, 2.05) is 0 Å². The molecule has 11 heteroatoms. The number of hydrogen-bond acceptors (Lipinski definition) is 6. The van der Waals surface area contributed by atoms with Crippen LogP contribution in [-0.2, 0) is 10.2 Å². The Hall–Kier alpha value is -1.88. The Kier molecular flexibility index (Phi) is 8.06. The van der Waals surface area contributed by atoms with E-state index in [0.29, 0.717) is 62.2 Å². The van der Waals surface area contributed by atoms with Gasteiger partial charge in [0.05, 0.1) is 18.1 Å². The number of nitrogens with one attached hydrogen (secondary N) is 1. The molecule has 0 aromatic carbocycles. The quantitative estimate of drug-likeness (QED) is 0.441. The van der Waals surface area contributed by atoms with Crippen molar-refractivity contribution >= 4 is 6.03 Å². The Labute approximate surface area is 241 Å². The number of aromatic nitrogens is 2. The number of nitrogens with zero attached hydrogens (tertiary/aromatic N) is 4. The van der Waals surface area contributed by atoms with Crippen molar-refractivity contribution < 1.29 is 27.2 Å². The Bertz CT molecular complexity index is 1080. The van der Waals surface area contributed by atoms with E-state index >= 15 is 8.78 Å². The third-order valence-electron chi connectivity index (χ3n) is 10.3. The van der Waals surface area contributed by atoms with Crippen LogP contribution in [0.3, 0.4) is 0 Å². The molecule has 6 rings (SSSR count). The van der Waals surface area contributed by atoms with E-state index in [1.54, 1.807) is 4.90 Å². The van der Waals surface area contributed by atoms with Crippen LogP contribution in [0.2, 0.25) is 0 Å². The van der Waals surface area contributed by atoms with Gasteiger partial charge in [-0.2, -0.15) is 4.98 Å². The highest BCUT2D eigenvalue weighted by atomic mass is 19.3. The molecule has 230 valence electrons. The van der Waals surface area contributed by atoms with Gasteiger partial charge in [0.1, 0.15) is 12.2 Å². The largest absolute Gasteiger partial charge is 0.371 e. The monoisotopic (exact) mass is 581 g/mol. The summed E-state index contributed by atoms with van der Waals surface area (Å²) in [7, 11) is 0. The fraction of sp³-hybridized carbons (Fsp3) is 0.900. The number of alkyl halides is 3. The molecule has 0 radical (unpaired) electrons. The molecule has 1 aromatic rings. The average Bonchev–Trinajstić information content (AvgIpc) is 3.23. The number of hydrogen-bond donors (Lipinski definition) is 1. The van der Waals surface area contributed by atoms with E-state index in [1.165, 1.54) is 0 Å². The molecule has 0 bridgehead atoms. The summed E-state index contributed by atoms with van der Waals surface area (Å²) in [4.78, 5) is 22.5. The molecule has 2 amide bonds. The molecule has 2 unspecified atom stereocenters. The minimum Gasteiger partial charge on any atom is -0.371 e. The highest BCUT2D eigenvalue weighted by Gasteiger charge is 2.52. The second kappa shape index (κ2) is 11.3. The van der Waals surface area contributed by atoms with Crippen LogP contribution in [0.25, 0.3) is 0 Å². The number of likely N-dealkylation sites (tertiary alicyclic amines) is 2. The van der Waals surface area contributed by atoms with E-state index in [2.05, 4.69) is 41.1 Å². The Morgan fingerprint density at radius 3 is 2.63 bits per heavy atom.